The van der Waals surface area contributed by atoms with Gasteiger partial charge in [-0.1, -0.05) is 38.1 Å². The highest BCUT2D eigenvalue weighted by molar-refractivity contribution is 7.89. The molecule has 1 amide bonds. The average molecular weight is 1060 g/mol. The molecule has 0 spiro atoms. The van der Waals surface area contributed by atoms with Gasteiger partial charge in [0.25, 0.3) is 36.3 Å². The maximum atomic E-state index is 13.4. The highest BCUT2D eigenvalue weighted by Crippen LogP contribution is 2.52. The fourth-order valence-corrected chi connectivity index (χ4v) is 12.5. The lowest BCUT2D eigenvalue weighted by molar-refractivity contribution is -0.433. The summed E-state index contributed by atoms with van der Waals surface area (Å²) in [4.78, 5) is 18.4. The number of fused-ring (bicyclic) bond motifs is 6. The minimum Gasteiger partial charge on any atom is -0.348 e. The van der Waals surface area contributed by atoms with Crippen LogP contribution < -0.4 is 15.4 Å². The van der Waals surface area contributed by atoms with Gasteiger partial charge in [0.15, 0.2) is 5.71 Å². The molecule has 0 bridgehead atoms. The minimum atomic E-state index is -4.96. The first-order chi connectivity index (χ1) is 33.5. The van der Waals surface area contributed by atoms with Gasteiger partial charge in [-0.3, -0.25) is 23.4 Å². The van der Waals surface area contributed by atoms with Crippen LogP contribution in [0.2, 0.25) is 0 Å². The van der Waals surface area contributed by atoms with Crippen molar-refractivity contribution in [3.63, 3.8) is 0 Å². The standard InChI is InChI=1S/C51H51N5O12S4/c1-8-55-42-20-17-37-30(3)24-35(70(60,61)62)25-39(37)47(42)50(4,5)45(55)22-13-32(41-19-12-33(29-53-41)49(57)54-28-31-10-15-34(16-11-31)69(52,58)59)14-23-46-51(6,7)48-40-26-36(71(63,64)65)27-44(72(66,67)68)38(40)18-21-43(48)56(46)9-2/h10-27,29H,8-9,28H2,1-7H3,(H5-,52,54,57,58,59,60,61,62,63,64,65,66,67,68)/p+1. The summed E-state index contributed by atoms with van der Waals surface area (Å²) in [6.07, 6.45) is 8.97. The van der Waals surface area contributed by atoms with Gasteiger partial charge in [-0.2, -0.15) is 29.8 Å². The molecule has 1 aromatic heterocycles. The van der Waals surface area contributed by atoms with Gasteiger partial charge < -0.3 is 10.2 Å². The van der Waals surface area contributed by atoms with Crippen LogP contribution in [0.15, 0.2) is 141 Å². The van der Waals surface area contributed by atoms with Gasteiger partial charge in [0.1, 0.15) is 11.4 Å². The van der Waals surface area contributed by atoms with Crippen molar-refractivity contribution in [2.45, 2.75) is 85.4 Å². The number of allylic oxidation sites excluding steroid dienone is 6. The number of aryl methyl sites for hydroxylation is 1. The molecular formula is C51H52N5O12S4+. The molecule has 21 heteroatoms. The third kappa shape index (κ3) is 9.42. The zero-order valence-electron chi connectivity index (χ0n) is 40.2. The third-order valence-electron chi connectivity index (χ3n) is 13.4. The van der Waals surface area contributed by atoms with Crippen LogP contribution in [0.5, 0.6) is 0 Å². The molecule has 2 aliphatic heterocycles. The molecule has 376 valence electrons. The van der Waals surface area contributed by atoms with Gasteiger partial charge in [-0.15, -0.1) is 0 Å². The number of primary sulfonamides is 1. The Balaban J connectivity index is 1.25. The molecule has 5 aromatic carbocycles. The number of pyridine rings is 1. The Morgan fingerprint density at radius 3 is 1.93 bits per heavy atom. The molecule has 8 rings (SSSR count). The molecule has 17 nitrogen and oxygen atoms in total. The summed E-state index contributed by atoms with van der Waals surface area (Å²) in [7, 11) is -18.3. The van der Waals surface area contributed by atoms with Crippen molar-refractivity contribution in [3.05, 3.63) is 155 Å². The number of rotatable bonds is 13. The maximum absolute atomic E-state index is 13.4. The lowest BCUT2D eigenvalue weighted by Gasteiger charge is -2.26. The van der Waals surface area contributed by atoms with E-state index in [1.165, 1.54) is 42.6 Å². The third-order valence-corrected chi connectivity index (χ3v) is 16.9. The van der Waals surface area contributed by atoms with Crippen molar-refractivity contribution < 1.29 is 56.7 Å². The van der Waals surface area contributed by atoms with E-state index >= 15 is 0 Å². The number of amides is 1. The second kappa shape index (κ2) is 18.3. The fourth-order valence-electron chi connectivity index (χ4n) is 10.0. The van der Waals surface area contributed by atoms with Gasteiger partial charge >= 0.3 is 0 Å². The molecule has 0 unspecified atom stereocenters. The van der Waals surface area contributed by atoms with Crippen LogP contribution in [0.25, 0.3) is 27.1 Å². The van der Waals surface area contributed by atoms with Gasteiger partial charge in [-0.05, 0) is 140 Å². The van der Waals surface area contributed by atoms with Crippen LogP contribution in [0.3, 0.4) is 0 Å². The Morgan fingerprint density at radius 1 is 0.736 bits per heavy atom. The SMILES string of the molecule is CCN1/C(=C/C=C(/C=C/C2=[N+](CC)c3ccc4c(C)cc(S(=O)(=O)O)cc4c3C2(C)C)c2ccc(C(=O)NCc3ccc(S(N)(=O)=O)cc3)cn2)C(C)(C)c2c1ccc1c(S(=O)(=O)O)cc(S(=O)(=O)O)cc21. The summed E-state index contributed by atoms with van der Waals surface area (Å²) in [6.45, 7) is 14.6. The number of nitrogens with zero attached hydrogens (tertiary/aromatic N) is 3. The molecule has 3 heterocycles. The van der Waals surface area contributed by atoms with Crippen LogP contribution in [0.4, 0.5) is 11.4 Å². The Hall–Kier alpha value is -6.43. The lowest BCUT2D eigenvalue weighted by atomic mass is 9.78. The van der Waals surface area contributed by atoms with Crippen molar-refractivity contribution in [2.24, 2.45) is 5.14 Å². The normalized spacial score (nSPS) is 16.6. The van der Waals surface area contributed by atoms with Crippen LogP contribution in [0, 0.1) is 6.92 Å². The number of hydrogen-bond acceptors (Lipinski definition) is 11. The van der Waals surface area contributed by atoms with Crippen LogP contribution in [-0.2, 0) is 57.8 Å². The van der Waals surface area contributed by atoms with Gasteiger partial charge in [0.2, 0.25) is 15.7 Å². The summed E-state index contributed by atoms with van der Waals surface area (Å²) in [5, 5.41) is 9.78. The molecule has 0 radical (unpaired) electrons. The molecule has 0 saturated heterocycles. The first kappa shape index (κ1) is 51.9. The zero-order valence-corrected chi connectivity index (χ0v) is 43.4. The van der Waals surface area contributed by atoms with E-state index in [1.807, 2.05) is 82.9 Å². The minimum absolute atomic E-state index is 0.0521. The van der Waals surface area contributed by atoms with E-state index < -0.39 is 66.9 Å². The number of carbonyl (C=O) groups excluding carboxylic acids is 1. The van der Waals surface area contributed by atoms with E-state index in [-0.39, 0.29) is 32.7 Å². The number of anilines is 1. The Morgan fingerprint density at radius 2 is 1.36 bits per heavy atom. The van der Waals surface area contributed by atoms with Crippen LogP contribution in [0.1, 0.15) is 79.8 Å². The molecule has 6 aromatic rings. The molecule has 72 heavy (non-hydrogen) atoms. The number of nitrogens with one attached hydrogen (secondary N) is 1. The second-order valence-corrected chi connectivity index (χ2v) is 24.4. The first-order valence-electron chi connectivity index (χ1n) is 22.5. The van der Waals surface area contributed by atoms with E-state index in [4.69, 9.17) is 10.1 Å². The summed E-state index contributed by atoms with van der Waals surface area (Å²) in [6, 6.07) is 21.0. The van der Waals surface area contributed by atoms with E-state index in [9.17, 15) is 52.1 Å². The highest BCUT2D eigenvalue weighted by atomic mass is 32.2. The Labute approximate surface area is 418 Å². The van der Waals surface area contributed by atoms with E-state index in [0.29, 0.717) is 57.8 Å². The average Bonchev–Trinajstić information content (AvgIpc) is 3.67. The molecule has 0 atom stereocenters. The first-order valence-corrected chi connectivity index (χ1v) is 28.4. The highest BCUT2D eigenvalue weighted by Gasteiger charge is 2.46. The van der Waals surface area contributed by atoms with E-state index in [0.717, 1.165) is 28.4 Å². The molecule has 6 N–H and O–H groups in total. The number of nitrogens with two attached hydrogens (primary N) is 1. The topological polar surface area (TPSA) is 272 Å². The fraction of sp³-hybridized carbons (Fsp3) is 0.235. The lowest BCUT2D eigenvalue weighted by Crippen LogP contribution is -2.27. The monoisotopic (exact) mass is 1050 g/mol. The molecular weight excluding hydrogens is 1000 g/mol. The Kier molecular flexibility index (Phi) is 13.2. The van der Waals surface area contributed by atoms with Crippen molar-refractivity contribution in [3.8, 4) is 0 Å². The van der Waals surface area contributed by atoms with E-state index in [2.05, 4.69) is 9.89 Å². The molecule has 2 aliphatic rings. The van der Waals surface area contributed by atoms with E-state index in [1.54, 1.807) is 37.3 Å². The van der Waals surface area contributed by atoms with Crippen molar-refractivity contribution >= 4 is 90.5 Å². The van der Waals surface area contributed by atoms with Crippen molar-refractivity contribution in [1.29, 1.82) is 0 Å². The predicted molar refractivity (Wildman–Crippen MR) is 275 cm³/mol. The summed E-state index contributed by atoms with van der Waals surface area (Å²) < 4.78 is 131. The van der Waals surface area contributed by atoms with Gasteiger partial charge in [-0.25, -0.2) is 13.6 Å². The zero-order chi connectivity index (χ0) is 52.7. The largest absolute Gasteiger partial charge is 0.348 e. The molecule has 0 aliphatic carbocycles. The van der Waals surface area contributed by atoms with Crippen LogP contribution in [-0.4, -0.2) is 81.6 Å². The number of likely N-dealkylation sites (N-methyl/N-ethyl adjacent to an activating group) is 1. The predicted octanol–water partition coefficient (Wildman–Crippen LogP) is 7.75. The summed E-state index contributed by atoms with van der Waals surface area (Å²) in [5.41, 5.74) is 5.35. The smallest absolute Gasteiger partial charge is 0.295 e. The summed E-state index contributed by atoms with van der Waals surface area (Å²) in [5.74, 6) is -0.447. The number of carbonyl (C=O) groups is 1. The van der Waals surface area contributed by atoms with Gasteiger partial charge in [0, 0.05) is 64.8 Å². The summed E-state index contributed by atoms with van der Waals surface area (Å²) >= 11 is 0. The van der Waals surface area contributed by atoms with Gasteiger partial charge in [0.05, 0.1) is 31.4 Å². The number of hydrogen-bond donors (Lipinski definition) is 5. The number of sulfonamides is 1. The van der Waals surface area contributed by atoms with Crippen molar-refractivity contribution in [1.82, 2.24) is 10.3 Å². The molecule has 0 fully saturated rings. The maximum Gasteiger partial charge on any atom is 0.295 e. The van der Waals surface area contributed by atoms with Crippen molar-refractivity contribution in [2.75, 3.05) is 18.0 Å². The number of benzene rings is 5. The quantitative estimate of drug-likeness (QED) is 0.0420. The van der Waals surface area contributed by atoms with Crippen LogP contribution >= 0.6 is 0 Å². The second-order valence-electron chi connectivity index (χ2n) is 18.6. The Bertz CT molecular complexity index is 3900. The number of aromatic nitrogens is 1. The molecule has 0 saturated carbocycles.